The van der Waals surface area contributed by atoms with Crippen LogP contribution in [0.4, 0.5) is 0 Å². The van der Waals surface area contributed by atoms with E-state index in [-0.39, 0.29) is 22.3 Å². The minimum absolute atomic E-state index is 0.228. The Balaban J connectivity index is 2.60. The summed E-state index contributed by atoms with van der Waals surface area (Å²) < 4.78 is -0.369. The summed E-state index contributed by atoms with van der Waals surface area (Å²) in [6, 6.07) is 0. The molecule has 54 valence electrons. The van der Waals surface area contributed by atoms with Crippen LogP contribution in [0.15, 0.2) is 0 Å². The summed E-state index contributed by atoms with van der Waals surface area (Å²) in [6.07, 6.45) is 5.95. The molecule has 3 heteroatoms. The Labute approximate surface area is 63.3 Å². The fourth-order valence-electron chi connectivity index (χ4n) is 0.880. The number of hydrogen-bond donors (Lipinski definition) is 0. The van der Waals surface area contributed by atoms with Crippen LogP contribution in [0.5, 0.6) is 0 Å². The van der Waals surface area contributed by atoms with E-state index in [2.05, 4.69) is 6.92 Å². The van der Waals surface area contributed by atoms with E-state index in [0.29, 0.717) is 0 Å². The van der Waals surface area contributed by atoms with Crippen LogP contribution in [0, 0.1) is 0 Å². The van der Waals surface area contributed by atoms with Gasteiger partial charge in [0.1, 0.15) is 0 Å². The molecule has 0 aromatic carbocycles. The third-order valence-electron chi connectivity index (χ3n) is 1.73. The van der Waals surface area contributed by atoms with Crippen molar-refractivity contribution >= 4 is 13.9 Å². The molecule has 0 amide bonds. The normalized spacial score (nSPS) is 25.2. The summed E-state index contributed by atoms with van der Waals surface area (Å²) in [6.45, 7) is 2.31. The van der Waals surface area contributed by atoms with Gasteiger partial charge in [-0.1, -0.05) is 0 Å². The minimum atomic E-state index is -0.369. The van der Waals surface area contributed by atoms with Crippen LogP contribution in [0.25, 0.3) is 0 Å². The van der Waals surface area contributed by atoms with Crippen molar-refractivity contribution in [1.82, 2.24) is 0 Å². The first-order chi connectivity index (χ1) is 3.83. The van der Waals surface area contributed by atoms with E-state index in [4.69, 9.17) is 9.19 Å². The molecule has 1 aliphatic rings. The molecule has 0 nitrogen and oxygen atoms in total. The molecule has 0 saturated carbocycles. The van der Waals surface area contributed by atoms with E-state index in [1.54, 1.807) is 0 Å². The van der Waals surface area contributed by atoms with Gasteiger partial charge in [0.05, 0.1) is 0 Å². The van der Waals surface area contributed by atoms with Gasteiger partial charge in [0, 0.05) is 0 Å². The van der Waals surface area contributed by atoms with E-state index < -0.39 is 0 Å². The summed E-state index contributed by atoms with van der Waals surface area (Å²) in [4.78, 5) is 0. The van der Waals surface area contributed by atoms with Crippen LogP contribution < -0.4 is 0 Å². The van der Waals surface area contributed by atoms with Gasteiger partial charge >= 0.3 is 63.3 Å². The predicted molar refractivity (Wildman–Crippen MR) is 37.7 cm³/mol. The molecule has 1 heterocycles. The molecule has 0 radical (unpaired) electrons. The molecule has 0 atom stereocenters. The Kier molecular flexibility index (Phi) is 2.87. The van der Waals surface area contributed by atoms with Crippen LogP contribution in [-0.2, 0) is 17.6 Å². The van der Waals surface area contributed by atoms with Crippen molar-refractivity contribution in [3.8, 4) is 0 Å². The molecular weight excluding hydrogens is 323 g/mol. The fraction of sp³-hybridized carbons (Fsp3) is 1.00. The second-order valence-electron chi connectivity index (χ2n) is 2.12. The zero-order valence-electron chi connectivity index (χ0n) is 4.96. The Hall–Kier alpha value is 1.46. The van der Waals surface area contributed by atoms with Crippen molar-refractivity contribution in [2.75, 3.05) is 18.5 Å². The van der Waals surface area contributed by atoms with E-state index >= 15 is 0 Å². The molecule has 1 saturated heterocycles. The zero-order valence-corrected chi connectivity index (χ0v) is 8.77. The van der Waals surface area contributed by atoms with Crippen LogP contribution in [0.3, 0.4) is 0 Å². The average Bonchev–Trinajstić information content (AvgIpc) is 1.67. The van der Waals surface area contributed by atoms with Crippen LogP contribution in [-0.4, -0.2) is 18.5 Å². The maximum absolute atomic E-state index is 5.91. The van der Waals surface area contributed by atoms with Crippen LogP contribution in [0.2, 0.25) is 0 Å². The second-order valence-corrected chi connectivity index (χ2v) is 15.4. The maximum atomic E-state index is 5.91. The number of hydrogen-bond acceptors (Lipinski definition) is 0. The molecular formula is C5H11AuClP. The predicted octanol–water partition coefficient (Wildman–Crippen LogP) is 2.58. The molecule has 0 spiro atoms. The van der Waals surface area contributed by atoms with Crippen LogP contribution in [0.1, 0.15) is 13.3 Å². The van der Waals surface area contributed by atoms with E-state index in [1.807, 2.05) is 0 Å². The molecule has 0 aliphatic carbocycles. The number of halogens is 1. The quantitative estimate of drug-likeness (QED) is 0.511. The van der Waals surface area contributed by atoms with Crippen molar-refractivity contribution < 1.29 is 17.6 Å². The van der Waals surface area contributed by atoms with Crippen molar-refractivity contribution in [2.45, 2.75) is 13.3 Å². The van der Waals surface area contributed by atoms with Crippen LogP contribution >= 0.6 is 13.9 Å². The Morgan fingerprint density at radius 1 is 1.62 bits per heavy atom. The van der Waals surface area contributed by atoms with Gasteiger partial charge in [-0.3, -0.25) is 0 Å². The van der Waals surface area contributed by atoms with E-state index in [9.17, 15) is 0 Å². The van der Waals surface area contributed by atoms with E-state index in [0.717, 1.165) is 0 Å². The molecule has 0 bridgehead atoms. The van der Waals surface area contributed by atoms with Crippen molar-refractivity contribution in [1.29, 1.82) is 0 Å². The molecule has 0 aromatic rings. The Morgan fingerprint density at radius 3 is 2.25 bits per heavy atom. The first-order valence-corrected chi connectivity index (χ1v) is 10.7. The second kappa shape index (κ2) is 3.03. The fourth-order valence-corrected chi connectivity index (χ4v) is 10.8. The zero-order chi connectivity index (χ0) is 6.04. The first kappa shape index (κ1) is 7.57. The average molecular weight is 335 g/mol. The third kappa shape index (κ3) is 1.30. The molecule has 8 heavy (non-hydrogen) atoms. The summed E-state index contributed by atoms with van der Waals surface area (Å²) >= 11 is 0.228. The van der Waals surface area contributed by atoms with Crippen molar-refractivity contribution in [3.63, 3.8) is 0 Å². The van der Waals surface area contributed by atoms with Gasteiger partial charge in [-0.05, 0) is 0 Å². The Bertz CT molecular complexity index is 116. The molecule has 1 fully saturated rings. The van der Waals surface area contributed by atoms with Gasteiger partial charge in [-0.2, -0.15) is 0 Å². The van der Waals surface area contributed by atoms with Crippen molar-refractivity contribution in [2.24, 2.45) is 0 Å². The molecule has 0 aromatic heterocycles. The first-order valence-electron chi connectivity index (χ1n) is 2.90. The summed E-state index contributed by atoms with van der Waals surface area (Å²) in [5.74, 6) is 0. The topological polar surface area (TPSA) is 0 Å². The Morgan fingerprint density at radius 2 is 2.25 bits per heavy atom. The molecule has 1 aliphatic heterocycles. The number of rotatable bonds is 1. The third-order valence-corrected chi connectivity index (χ3v) is 17.8. The summed E-state index contributed by atoms with van der Waals surface area (Å²) in [5, 5.41) is 0. The van der Waals surface area contributed by atoms with Gasteiger partial charge < -0.3 is 0 Å². The SMILES string of the molecule is CC[P]1(=[Au][Cl])CCC1. The van der Waals surface area contributed by atoms with Gasteiger partial charge in [0.15, 0.2) is 0 Å². The summed E-state index contributed by atoms with van der Waals surface area (Å²) in [5.41, 5.74) is 0. The summed E-state index contributed by atoms with van der Waals surface area (Å²) in [7, 11) is 5.91. The van der Waals surface area contributed by atoms with E-state index in [1.165, 1.54) is 24.9 Å². The molecule has 1 rings (SSSR count). The molecule has 0 N–H and O–H groups in total. The van der Waals surface area contributed by atoms with Gasteiger partial charge in [-0.15, -0.1) is 0 Å². The van der Waals surface area contributed by atoms with Crippen molar-refractivity contribution in [3.05, 3.63) is 0 Å². The molecule has 0 unspecified atom stereocenters. The monoisotopic (exact) mass is 334 g/mol. The van der Waals surface area contributed by atoms with Gasteiger partial charge in [0.2, 0.25) is 0 Å². The van der Waals surface area contributed by atoms with Gasteiger partial charge in [-0.25, -0.2) is 0 Å². The van der Waals surface area contributed by atoms with Gasteiger partial charge in [0.25, 0.3) is 0 Å². The standard InChI is InChI=1S/C5H11P.Au.ClH/c1-2-6-4-3-5-6;;/h2-5H2,1H3;;1H/q;+1;/p-1.